The second-order valence-corrected chi connectivity index (χ2v) is 5.18. The Morgan fingerprint density at radius 3 is 2.37 bits per heavy atom. The number of carbonyl (C=O) groups excluding carboxylic acids is 1. The van der Waals surface area contributed by atoms with Gasteiger partial charge in [-0.15, -0.1) is 0 Å². The van der Waals surface area contributed by atoms with Crippen LogP contribution >= 0.6 is 0 Å². The van der Waals surface area contributed by atoms with Gasteiger partial charge in [-0.25, -0.2) is 0 Å². The monoisotopic (exact) mass is 264 g/mol. The number of rotatable bonds is 6. The number of aryl methyl sites for hydroxylation is 1. The number of hydrogen-bond acceptors (Lipinski definition) is 3. The quantitative estimate of drug-likeness (QED) is 0.824. The van der Waals surface area contributed by atoms with Crippen molar-refractivity contribution in [2.75, 3.05) is 6.61 Å². The van der Waals surface area contributed by atoms with Crippen molar-refractivity contribution in [2.45, 2.75) is 39.8 Å². The van der Waals surface area contributed by atoms with Crippen LogP contribution in [0, 0.1) is 12.8 Å². The maximum absolute atomic E-state index is 11.8. The minimum atomic E-state index is -0.193. The minimum Gasteiger partial charge on any atom is -0.491 e. The Morgan fingerprint density at radius 2 is 1.84 bits per heavy atom. The molecule has 4 nitrogen and oxygen atoms in total. The summed E-state index contributed by atoms with van der Waals surface area (Å²) in [5.74, 6) is 0.587. The maximum atomic E-state index is 11.8. The molecule has 0 aliphatic carbocycles. The average Bonchev–Trinajstić information content (AvgIpc) is 2.37. The van der Waals surface area contributed by atoms with Gasteiger partial charge in [-0.3, -0.25) is 4.79 Å². The maximum Gasteiger partial charge on any atom is 0.224 e. The van der Waals surface area contributed by atoms with Crippen LogP contribution in [0.15, 0.2) is 24.3 Å². The highest BCUT2D eigenvalue weighted by Crippen LogP contribution is 2.11. The molecule has 0 saturated carbocycles. The van der Waals surface area contributed by atoms with Crippen molar-refractivity contribution in [3.8, 4) is 5.75 Å². The summed E-state index contributed by atoms with van der Waals surface area (Å²) in [5, 5.41) is 2.90. The highest BCUT2D eigenvalue weighted by Gasteiger charge is 2.18. The van der Waals surface area contributed by atoms with Crippen LogP contribution in [-0.4, -0.2) is 24.6 Å². The zero-order chi connectivity index (χ0) is 14.4. The third-order valence-electron chi connectivity index (χ3n) is 3.11. The lowest BCUT2D eigenvalue weighted by molar-refractivity contribution is -0.125. The second kappa shape index (κ2) is 7.14. The fourth-order valence-electron chi connectivity index (χ4n) is 1.51. The normalized spacial score (nSPS) is 15.4. The van der Waals surface area contributed by atoms with Crippen molar-refractivity contribution < 1.29 is 9.53 Å². The van der Waals surface area contributed by atoms with Gasteiger partial charge in [-0.1, -0.05) is 24.6 Å². The molecule has 0 radical (unpaired) electrons. The number of hydrogen-bond donors (Lipinski definition) is 2. The van der Waals surface area contributed by atoms with Crippen LogP contribution in [-0.2, 0) is 4.79 Å². The van der Waals surface area contributed by atoms with E-state index in [-0.39, 0.29) is 23.9 Å². The fourth-order valence-corrected chi connectivity index (χ4v) is 1.51. The predicted octanol–water partition coefficient (Wildman–Crippen LogP) is 1.86. The number of nitrogens with two attached hydrogens (primary N) is 1. The van der Waals surface area contributed by atoms with E-state index in [4.69, 9.17) is 10.5 Å². The molecule has 3 unspecified atom stereocenters. The molecule has 1 aromatic carbocycles. The van der Waals surface area contributed by atoms with Crippen LogP contribution in [0.25, 0.3) is 0 Å². The van der Waals surface area contributed by atoms with Crippen molar-refractivity contribution in [1.82, 2.24) is 5.32 Å². The largest absolute Gasteiger partial charge is 0.491 e. The third-order valence-corrected chi connectivity index (χ3v) is 3.11. The summed E-state index contributed by atoms with van der Waals surface area (Å²) < 4.78 is 5.62. The molecule has 0 bridgehead atoms. The van der Waals surface area contributed by atoms with Crippen LogP contribution in [0.1, 0.15) is 26.3 Å². The molecule has 0 aliphatic heterocycles. The van der Waals surface area contributed by atoms with E-state index in [1.54, 1.807) is 0 Å². The number of nitrogens with one attached hydrogen (secondary N) is 1. The fraction of sp³-hybridized carbons (Fsp3) is 0.533. The number of ether oxygens (including phenoxy) is 1. The molecule has 0 aliphatic rings. The molecular formula is C15H24N2O2. The number of amides is 1. The molecule has 1 amide bonds. The molecule has 3 N–H and O–H groups in total. The SMILES string of the molecule is Cc1ccc(OCC(C)NC(=O)C(C)C(C)N)cc1. The number of benzene rings is 1. The zero-order valence-electron chi connectivity index (χ0n) is 12.1. The molecule has 0 spiro atoms. The Morgan fingerprint density at radius 1 is 1.26 bits per heavy atom. The molecular weight excluding hydrogens is 240 g/mol. The molecule has 3 atom stereocenters. The first-order valence-electron chi connectivity index (χ1n) is 6.65. The van der Waals surface area contributed by atoms with Gasteiger partial charge >= 0.3 is 0 Å². The van der Waals surface area contributed by atoms with E-state index >= 15 is 0 Å². The molecule has 0 fully saturated rings. The number of carbonyl (C=O) groups is 1. The van der Waals surface area contributed by atoms with Crippen molar-refractivity contribution in [2.24, 2.45) is 11.7 Å². The lowest BCUT2D eigenvalue weighted by atomic mass is 10.0. The summed E-state index contributed by atoms with van der Waals surface area (Å²) in [6.07, 6.45) is 0. The first-order chi connectivity index (χ1) is 8.90. The highest BCUT2D eigenvalue weighted by atomic mass is 16.5. The van der Waals surface area contributed by atoms with E-state index in [0.717, 1.165) is 5.75 Å². The van der Waals surface area contributed by atoms with E-state index in [9.17, 15) is 4.79 Å². The molecule has 0 saturated heterocycles. The lowest BCUT2D eigenvalue weighted by Crippen LogP contribution is -2.44. The summed E-state index contributed by atoms with van der Waals surface area (Å²) in [6.45, 7) is 8.05. The minimum absolute atomic E-state index is 0.0324. The molecule has 0 heterocycles. The van der Waals surface area contributed by atoms with Gasteiger partial charge in [0.2, 0.25) is 5.91 Å². The van der Waals surface area contributed by atoms with Gasteiger partial charge in [0.05, 0.1) is 6.04 Å². The first kappa shape index (κ1) is 15.5. The van der Waals surface area contributed by atoms with Gasteiger partial charge in [-0.2, -0.15) is 0 Å². The second-order valence-electron chi connectivity index (χ2n) is 5.18. The summed E-state index contributed by atoms with van der Waals surface area (Å²) in [7, 11) is 0. The molecule has 19 heavy (non-hydrogen) atoms. The Balaban J connectivity index is 2.37. The molecule has 4 heteroatoms. The van der Waals surface area contributed by atoms with Crippen LogP contribution < -0.4 is 15.8 Å². The van der Waals surface area contributed by atoms with Gasteiger partial charge in [-0.05, 0) is 32.9 Å². The summed E-state index contributed by atoms with van der Waals surface area (Å²) in [6, 6.07) is 7.65. The van der Waals surface area contributed by atoms with E-state index in [1.807, 2.05) is 52.0 Å². The summed E-state index contributed by atoms with van der Waals surface area (Å²) in [4.78, 5) is 11.8. The lowest BCUT2D eigenvalue weighted by Gasteiger charge is -2.20. The highest BCUT2D eigenvalue weighted by molar-refractivity contribution is 5.79. The third kappa shape index (κ3) is 5.30. The van der Waals surface area contributed by atoms with Crippen molar-refractivity contribution in [3.05, 3.63) is 29.8 Å². The average molecular weight is 264 g/mol. The Labute approximate surface area is 115 Å². The van der Waals surface area contributed by atoms with Gasteiger partial charge < -0.3 is 15.8 Å². The Bertz CT molecular complexity index is 401. The van der Waals surface area contributed by atoms with Gasteiger partial charge in [0.1, 0.15) is 12.4 Å². The van der Waals surface area contributed by atoms with Crippen LogP contribution in [0.4, 0.5) is 0 Å². The van der Waals surface area contributed by atoms with E-state index in [2.05, 4.69) is 5.32 Å². The standard InChI is InChI=1S/C15H24N2O2/c1-10-5-7-14(8-6-10)19-9-11(2)17-15(18)12(3)13(4)16/h5-8,11-13H,9,16H2,1-4H3,(H,17,18). The van der Waals surface area contributed by atoms with Gasteiger partial charge in [0.25, 0.3) is 0 Å². The van der Waals surface area contributed by atoms with E-state index in [1.165, 1.54) is 5.56 Å². The van der Waals surface area contributed by atoms with Crippen LogP contribution in [0.3, 0.4) is 0 Å². The van der Waals surface area contributed by atoms with Gasteiger partial charge in [0.15, 0.2) is 0 Å². The van der Waals surface area contributed by atoms with Crippen LogP contribution in [0.5, 0.6) is 5.75 Å². The summed E-state index contributed by atoms with van der Waals surface area (Å²) >= 11 is 0. The first-order valence-corrected chi connectivity index (χ1v) is 6.65. The zero-order valence-corrected chi connectivity index (χ0v) is 12.1. The Hall–Kier alpha value is -1.55. The molecule has 106 valence electrons. The van der Waals surface area contributed by atoms with Crippen LogP contribution in [0.2, 0.25) is 0 Å². The Kier molecular flexibility index (Phi) is 5.83. The molecule has 0 aromatic heterocycles. The van der Waals surface area contributed by atoms with E-state index < -0.39 is 0 Å². The predicted molar refractivity (Wildman–Crippen MR) is 77.1 cm³/mol. The smallest absolute Gasteiger partial charge is 0.224 e. The van der Waals surface area contributed by atoms with Crippen molar-refractivity contribution >= 4 is 5.91 Å². The topological polar surface area (TPSA) is 64.3 Å². The van der Waals surface area contributed by atoms with E-state index in [0.29, 0.717) is 6.61 Å². The summed E-state index contributed by atoms with van der Waals surface area (Å²) in [5.41, 5.74) is 6.89. The van der Waals surface area contributed by atoms with Gasteiger partial charge in [0, 0.05) is 12.0 Å². The molecule has 1 rings (SSSR count). The molecule has 1 aromatic rings. The van der Waals surface area contributed by atoms with Crippen molar-refractivity contribution in [1.29, 1.82) is 0 Å². The van der Waals surface area contributed by atoms with Crippen molar-refractivity contribution in [3.63, 3.8) is 0 Å².